The van der Waals surface area contributed by atoms with E-state index in [2.05, 4.69) is 15.8 Å². The zero-order valence-electron chi connectivity index (χ0n) is 16.3. The average molecular weight is 383 g/mol. The highest BCUT2D eigenvalue weighted by Gasteiger charge is 2.21. The number of hydrazone groups is 1. The average Bonchev–Trinajstić information content (AvgIpc) is 3.05. The van der Waals surface area contributed by atoms with Crippen LogP contribution >= 0.6 is 0 Å². The summed E-state index contributed by atoms with van der Waals surface area (Å²) in [5.41, 5.74) is 5.19. The molecule has 0 aliphatic carbocycles. The number of fused-ring (bicyclic) bond motifs is 1. The summed E-state index contributed by atoms with van der Waals surface area (Å²) in [5, 5.41) is 7.08. The largest absolute Gasteiger partial charge is 0.497 e. The van der Waals surface area contributed by atoms with E-state index in [1.807, 2.05) is 50.2 Å². The summed E-state index contributed by atoms with van der Waals surface area (Å²) in [7, 11) is 1.60. The molecule has 7 nitrogen and oxygen atoms in total. The molecule has 0 radical (unpaired) electrons. The summed E-state index contributed by atoms with van der Waals surface area (Å²) in [6.07, 6.45) is 2.58. The molecular formula is C21H25N3O4. The van der Waals surface area contributed by atoms with Gasteiger partial charge in [0.1, 0.15) is 23.4 Å². The second-order valence-electron chi connectivity index (χ2n) is 6.44. The van der Waals surface area contributed by atoms with E-state index < -0.39 is 0 Å². The molecule has 7 heteroatoms. The molecule has 28 heavy (non-hydrogen) atoms. The first-order chi connectivity index (χ1) is 13.6. The van der Waals surface area contributed by atoms with Gasteiger partial charge in [-0.15, -0.1) is 0 Å². The first-order valence-corrected chi connectivity index (χ1v) is 9.25. The Bertz CT molecular complexity index is 867. The van der Waals surface area contributed by atoms with E-state index in [-0.39, 0.29) is 18.6 Å². The second kappa shape index (κ2) is 9.12. The molecule has 1 atom stereocenters. The third-order valence-corrected chi connectivity index (χ3v) is 4.24. The van der Waals surface area contributed by atoms with Gasteiger partial charge >= 0.3 is 0 Å². The van der Waals surface area contributed by atoms with Crippen molar-refractivity contribution in [1.29, 1.82) is 0 Å². The third kappa shape index (κ3) is 4.94. The number of methoxy groups -OCH3 is 1. The Morgan fingerprint density at radius 1 is 1.36 bits per heavy atom. The van der Waals surface area contributed by atoms with Crippen LogP contribution in [0.5, 0.6) is 17.2 Å². The van der Waals surface area contributed by atoms with E-state index in [1.54, 1.807) is 13.3 Å². The molecule has 0 aromatic heterocycles. The van der Waals surface area contributed by atoms with E-state index in [0.29, 0.717) is 6.61 Å². The van der Waals surface area contributed by atoms with Crippen molar-refractivity contribution in [3.05, 3.63) is 47.5 Å². The van der Waals surface area contributed by atoms with Crippen LogP contribution in [0.1, 0.15) is 25.0 Å². The van der Waals surface area contributed by atoms with Gasteiger partial charge in [-0.2, -0.15) is 5.10 Å². The number of rotatable bonds is 8. The molecule has 0 bridgehead atoms. The van der Waals surface area contributed by atoms with Gasteiger partial charge in [-0.1, -0.05) is 6.07 Å². The molecule has 1 aliphatic rings. The summed E-state index contributed by atoms with van der Waals surface area (Å²) in [6, 6.07) is 11.2. The minimum absolute atomic E-state index is 0.0909. The van der Waals surface area contributed by atoms with Crippen molar-refractivity contribution in [3.8, 4) is 17.2 Å². The topological polar surface area (TPSA) is 81.2 Å². The van der Waals surface area contributed by atoms with E-state index in [0.717, 1.165) is 40.5 Å². The molecule has 0 saturated carbocycles. The Morgan fingerprint density at radius 3 is 3.00 bits per heavy atom. The van der Waals surface area contributed by atoms with Crippen LogP contribution in [0.15, 0.2) is 41.5 Å². The van der Waals surface area contributed by atoms with Crippen LogP contribution in [-0.2, 0) is 11.2 Å². The molecule has 0 saturated heterocycles. The Labute approximate surface area is 164 Å². The van der Waals surface area contributed by atoms with Gasteiger partial charge in [0.2, 0.25) is 0 Å². The zero-order valence-corrected chi connectivity index (χ0v) is 16.3. The van der Waals surface area contributed by atoms with Gasteiger partial charge in [0.25, 0.3) is 5.91 Å². The highest BCUT2D eigenvalue weighted by molar-refractivity contribution is 5.87. The maximum Gasteiger partial charge on any atom is 0.259 e. The molecular weight excluding hydrogens is 358 g/mol. The highest BCUT2D eigenvalue weighted by atomic mass is 16.5. The van der Waals surface area contributed by atoms with E-state index in [1.165, 1.54) is 0 Å². The van der Waals surface area contributed by atoms with Crippen LogP contribution in [0.25, 0.3) is 0 Å². The number of ether oxygens (including phenoxy) is 3. The summed E-state index contributed by atoms with van der Waals surface area (Å²) < 4.78 is 16.6. The third-order valence-electron chi connectivity index (χ3n) is 4.24. The SMILES string of the molecule is CCOc1cc2c(cc1/C=N\NC(=O)CNc1cccc(OC)c1)O[C@@H](C)C2. The van der Waals surface area contributed by atoms with Crippen molar-refractivity contribution >= 4 is 17.8 Å². The smallest absolute Gasteiger partial charge is 0.259 e. The zero-order chi connectivity index (χ0) is 19.9. The van der Waals surface area contributed by atoms with E-state index >= 15 is 0 Å². The van der Waals surface area contributed by atoms with Crippen molar-refractivity contribution in [2.45, 2.75) is 26.4 Å². The fourth-order valence-corrected chi connectivity index (χ4v) is 2.97. The summed E-state index contributed by atoms with van der Waals surface area (Å²) in [5.74, 6) is 2.03. The first kappa shape index (κ1) is 19.5. The maximum atomic E-state index is 12.0. The maximum absolute atomic E-state index is 12.0. The van der Waals surface area contributed by atoms with Crippen molar-refractivity contribution < 1.29 is 19.0 Å². The predicted molar refractivity (Wildman–Crippen MR) is 109 cm³/mol. The van der Waals surface area contributed by atoms with Crippen molar-refractivity contribution in [2.75, 3.05) is 25.6 Å². The molecule has 1 amide bonds. The molecule has 0 spiro atoms. The highest BCUT2D eigenvalue weighted by Crippen LogP contribution is 2.34. The van der Waals surface area contributed by atoms with Crippen molar-refractivity contribution in [3.63, 3.8) is 0 Å². The number of benzene rings is 2. The predicted octanol–water partition coefficient (Wildman–Crippen LogP) is 2.98. The minimum Gasteiger partial charge on any atom is -0.497 e. The van der Waals surface area contributed by atoms with E-state index in [9.17, 15) is 4.79 Å². The number of nitrogens with one attached hydrogen (secondary N) is 2. The van der Waals surface area contributed by atoms with Gasteiger partial charge in [-0.3, -0.25) is 4.79 Å². The van der Waals surface area contributed by atoms with Crippen LogP contribution in [0.2, 0.25) is 0 Å². The van der Waals surface area contributed by atoms with E-state index in [4.69, 9.17) is 14.2 Å². The van der Waals surface area contributed by atoms with Crippen molar-refractivity contribution in [1.82, 2.24) is 5.43 Å². The molecule has 3 rings (SSSR count). The lowest BCUT2D eigenvalue weighted by Crippen LogP contribution is -2.25. The normalized spacial score (nSPS) is 15.0. The van der Waals surface area contributed by atoms with Gasteiger partial charge in [-0.25, -0.2) is 5.43 Å². The lowest BCUT2D eigenvalue weighted by Gasteiger charge is -2.10. The molecule has 2 N–H and O–H groups in total. The monoisotopic (exact) mass is 383 g/mol. The number of hydrogen-bond donors (Lipinski definition) is 2. The van der Waals surface area contributed by atoms with Gasteiger partial charge in [0, 0.05) is 29.3 Å². The molecule has 2 aromatic rings. The number of carbonyl (C=O) groups is 1. The molecule has 2 aromatic carbocycles. The molecule has 148 valence electrons. The first-order valence-electron chi connectivity index (χ1n) is 9.25. The lowest BCUT2D eigenvalue weighted by atomic mass is 10.1. The Kier molecular flexibility index (Phi) is 6.37. The summed E-state index contributed by atoms with van der Waals surface area (Å²) in [6.45, 7) is 4.60. The van der Waals surface area contributed by atoms with Crippen LogP contribution in [0.3, 0.4) is 0 Å². The number of hydrogen-bond acceptors (Lipinski definition) is 6. The lowest BCUT2D eigenvalue weighted by molar-refractivity contribution is -0.119. The number of nitrogens with zero attached hydrogens (tertiary/aromatic N) is 1. The molecule has 0 unspecified atom stereocenters. The van der Waals surface area contributed by atoms with Crippen LogP contribution in [-0.4, -0.2) is 38.5 Å². The van der Waals surface area contributed by atoms with Crippen LogP contribution < -0.4 is 25.0 Å². The molecule has 1 aliphatic heterocycles. The van der Waals surface area contributed by atoms with Gasteiger partial charge in [0.15, 0.2) is 0 Å². The van der Waals surface area contributed by atoms with Crippen LogP contribution in [0.4, 0.5) is 5.69 Å². The molecule has 1 heterocycles. The number of anilines is 1. The molecule has 0 fully saturated rings. The quantitative estimate of drug-likeness (QED) is 0.541. The van der Waals surface area contributed by atoms with Gasteiger partial charge in [-0.05, 0) is 38.1 Å². The minimum atomic E-state index is -0.261. The van der Waals surface area contributed by atoms with Gasteiger partial charge < -0.3 is 19.5 Å². The fourth-order valence-electron chi connectivity index (χ4n) is 2.97. The van der Waals surface area contributed by atoms with Gasteiger partial charge in [0.05, 0.1) is 26.5 Å². The number of carbonyl (C=O) groups excluding carboxylic acids is 1. The second-order valence-corrected chi connectivity index (χ2v) is 6.44. The Morgan fingerprint density at radius 2 is 2.21 bits per heavy atom. The fraction of sp³-hybridized carbons (Fsp3) is 0.333. The van der Waals surface area contributed by atoms with Crippen LogP contribution in [0, 0.1) is 0 Å². The standard InChI is InChI=1S/C21H25N3O4/c1-4-27-19-9-15-8-14(2)28-20(15)10-16(19)12-23-24-21(25)13-22-17-6-5-7-18(11-17)26-3/h5-7,9-12,14,22H,4,8,13H2,1-3H3,(H,24,25)/b23-12-/t14-/m0/s1. The Hall–Kier alpha value is -3.22. The Balaban J connectivity index is 1.59. The number of amides is 1. The summed E-state index contributed by atoms with van der Waals surface area (Å²) in [4.78, 5) is 12.0. The summed E-state index contributed by atoms with van der Waals surface area (Å²) >= 11 is 0. The van der Waals surface area contributed by atoms with Crippen molar-refractivity contribution in [2.24, 2.45) is 5.10 Å².